The van der Waals surface area contributed by atoms with E-state index in [1.807, 2.05) is 6.07 Å². The molecule has 4 heteroatoms. The van der Waals surface area contributed by atoms with Gasteiger partial charge in [-0.15, -0.1) is 0 Å². The average molecular weight is 250 g/mol. The molecule has 2 rings (SSSR count). The minimum atomic E-state index is -0.00216. The van der Waals surface area contributed by atoms with Gasteiger partial charge in [-0.05, 0) is 18.9 Å². The molecule has 1 aliphatic carbocycles. The number of aromatic nitrogens is 1. The van der Waals surface area contributed by atoms with Crippen molar-refractivity contribution in [3.8, 4) is 0 Å². The maximum absolute atomic E-state index is 9.40. The Morgan fingerprint density at radius 3 is 2.67 bits per heavy atom. The van der Waals surface area contributed by atoms with Crippen LogP contribution in [-0.2, 0) is 6.61 Å². The molecule has 18 heavy (non-hydrogen) atoms. The van der Waals surface area contributed by atoms with E-state index in [-0.39, 0.29) is 13.2 Å². The van der Waals surface area contributed by atoms with E-state index >= 15 is 0 Å². The topological polar surface area (TPSA) is 56.6 Å². The van der Waals surface area contributed by atoms with Gasteiger partial charge in [0.1, 0.15) is 0 Å². The molecule has 0 bridgehead atoms. The minimum absolute atomic E-state index is 0.00216. The maximum atomic E-state index is 9.40. The fourth-order valence-corrected chi connectivity index (χ4v) is 2.82. The quantitative estimate of drug-likeness (QED) is 0.835. The Labute approximate surface area is 108 Å². The molecule has 0 radical (unpaired) electrons. The van der Waals surface area contributed by atoms with Crippen molar-refractivity contribution in [1.29, 1.82) is 0 Å². The molecule has 0 unspecified atom stereocenters. The zero-order chi connectivity index (χ0) is 12.8. The van der Waals surface area contributed by atoms with Crippen LogP contribution in [0.5, 0.6) is 0 Å². The molecule has 0 amide bonds. The number of hydrogen-bond acceptors (Lipinski definition) is 4. The fraction of sp³-hybridized carbons (Fsp3) is 0.643. The molecule has 2 N–H and O–H groups in total. The molecule has 0 spiro atoms. The van der Waals surface area contributed by atoms with Crippen LogP contribution >= 0.6 is 0 Å². The number of anilines is 1. The monoisotopic (exact) mass is 250 g/mol. The predicted molar refractivity (Wildman–Crippen MR) is 71.5 cm³/mol. The molecule has 1 fully saturated rings. The van der Waals surface area contributed by atoms with Crippen molar-refractivity contribution in [2.75, 3.05) is 18.1 Å². The van der Waals surface area contributed by atoms with Gasteiger partial charge >= 0.3 is 0 Å². The highest BCUT2D eigenvalue weighted by atomic mass is 16.3. The lowest BCUT2D eigenvalue weighted by atomic mass is 9.93. The molecule has 1 aliphatic rings. The Hall–Kier alpha value is -1.13. The zero-order valence-electron chi connectivity index (χ0n) is 10.8. The molecule has 1 aromatic rings. The van der Waals surface area contributed by atoms with Gasteiger partial charge < -0.3 is 15.1 Å². The first kappa shape index (κ1) is 13.3. The van der Waals surface area contributed by atoms with Gasteiger partial charge in [-0.1, -0.05) is 19.3 Å². The van der Waals surface area contributed by atoms with Crippen LogP contribution in [0.15, 0.2) is 18.5 Å². The summed E-state index contributed by atoms with van der Waals surface area (Å²) in [5.74, 6) is 0. The van der Waals surface area contributed by atoms with Crippen molar-refractivity contribution in [3.63, 3.8) is 0 Å². The van der Waals surface area contributed by atoms with Crippen molar-refractivity contribution in [2.24, 2.45) is 0 Å². The molecular formula is C14H22N2O2. The molecule has 1 saturated carbocycles. The van der Waals surface area contributed by atoms with E-state index in [1.54, 1.807) is 12.4 Å². The summed E-state index contributed by atoms with van der Waals surface area (Å²) in [6.45, 7) is 0.767. The van der Waals surface area contributed by atoms with E-state index in [4.69, 9.17) is 0 Å². The van der Waals surface area contributed by atoms with Crippen LogP contribution in [0.2, 0.25) is 0 Å². The van der Waals surface area contributed by atoms with Gasteiger partial charge in [-0.3, -0.25) is 4.98 Å². The second-order valence-corrected chi connectivity index (χ2v) is 4.87. The van der Waals surface area contributed by atoms with Crippen molar-refractivity contribution in [1.82, 2.24) is 4.98 Å². The average Bonchev–Trinajstić information content (AvgIpc) is 2.46. The smallest absolute Gasteiger partial charge is 0.0717 e. The largest absolute Gasteiger partial charge is 0.395 e. The number of pyridine rings is 1. The number of rotatable bonds is 5. The van der Waals surface area contributed by atoms with Gasteiger partial charge in [0.25, 0.3) is 0 Å². The molecule has 0 atom stereocenters. The lowest BCUT2D eigenvalue weighted by Gasteiger charge is -2.36. The molecule has 0 saturated heterocycles. The summed E-state index contributed by atoms with van der Waals surface area (Å²) in [6.07, 6.45) is 9.63. The number of nitrogens with zero attached hydrogens (tertiary/aromatic N) is 2. The van der Waals surface area contributed by atoms with Gasteiger partial charge in [-0.2, -0.15) is 0 Å². The summed E-state index contributed by atoms with van der Waals surface area (Å²) in [5.41, 5.74) is 1.87. The lowest BCUT2D eigenvalue weighted by molar-refractivity contribution is 0.277. The van der Waals surface area contributed by atoms with E-state index < -0.39 is 0 Å². The molecular weight excluding hydrogens is 228 g/mol. The first-order chi connectivity index (χ1) is 8.86. The van der Waals surface area contributed by atoms with E-state index in [0.717, 1.165) is 11.3 Å². The van der Waals surface area contributed by atoms with Crippen LogP contribution in [0.25, 0.3) is 0 Å². The Kier molecular flexibility index (Phi) is 4.96. The van der Waals surface area contributed by atoms with Gasteiger partial charge in [0, 0.05) is 36.2 Å². The molecule has 100 valence electrons. The molecule has 0 aliphatic heterocycles. The number of aliphatic hydroxyl groups is 2. The van der Waals surface area contributed by atoms with Gasteiger partial charge in [0.05, 0.1) is 13.2 Å². The highest BCUT2D eigenvalue weighted by molar-refractivity contribution is 5.53. The van der Waals surface area contributed by atoms with Crippen LogP contribution in [0.4, 0.5) is 5.69 Å². The van der Waals surface area contributed by atoms with Gasteiger partial charge in [0.15, 0.2) is 0 Å². The molecule has 0 aromatic carbocycles. The second kappa shape index (κ2) is 6.71. The number of aliphatic hydroxyl groups excluding tert-OH is 2. The number of hydrogen-bond donors (Lipinski definition) is 2. The molecule has 1 heterocycles. The minimum Gasteiger partial charge on any atom is -0.395 e. The van der Waals surface area contributed by atoms with Crippen molar-refractivity contribution >= 4 is 5.69 Å². The third-order valence-corrected chi connectivity index (χ3v) is 3.71. The highest BCUT2D eigenvalue weighted by Gasteiger charge is 2.22. The zero-order valence-corrected chi connectivity index (χ0v) is 10.8. The van der Waals surface area contributed by atoms with Crippen LogP contribution in [0.1, 0.15) is 37.7 Å². The Morgan fingerprint density at radius 2 is 2.00 bits per heavy atom. The van der Waals surface area contributed by atoms with Crippen LogP contribution < -0.4 is 4.90 Å². The first-order valence-electron chi connectivity index (χ1n) is 6.78. The second-order valence-electron chi connectivity index (χ2n) is 4.87. The SMILES string of the molecule is OCCN(c1ccncc1CO)C1CCCCC1. The maximum Gasteiger partial charge on any atom is 0.0717 e. The van der Waals surface area contributed by atoms with Crippen LogP contribution in [0, 0.1) is 0 Å². The Morgan fingerprint density at radius 1 is 1.22 bits per heavy atom. The van der Waals surface area contributed by atoms with E-state index in [1.165, 1.54) is 32.1 Å². The molecule has 4 nitrogen and oxygen atoms in total. The standard InChI is InChI=1S/C14H22N2O2/c17-9-8-16(13-4-2-1-3-5-13)14-6-7-15-10-12(14)11-18/h6-7,10,13,17-18H,1-5,8-9,11H2. The third kappa shape index (κ3) is 3.00. The van der Waals surface area contributed by atoms with E-state index in [2.05, 4.69) is 9.88 Å². The summed E-state index contributed by atoms with van der Waals surface area (Å²) in [5, 5.41) is 18.7. The molecule has 1 aromatic heterocycles. The van der Waals surface area contributed by atoms with E-state index in [9.17, 15) is 10.2 Å². The highest BCUT2D eigenvalue weighted by Crippen LogP contribution is 2.29. The van der Waals surface area contributed by atoms with Crippen LogP contribution in [-0.4, -0.2) is 34.4 Å². The lowest BCUT2D eigenvalue weighted by Crippen LogP contribution is -2.39. The summed E-state index contributed by atoms with van der Waals surface area (Å²) in [4.78, 5) is 6.30. The van der Waals surface area contributed by atoms with E-state index in [0.29, 0.717) is 12.6 Å². The summed E-state index contributed by atoms with van der Waals surface area (Å²) >= 11 is 0. The van der Waals surface area contributed by atoms with Crippen molar-refractivity contribution < 1.29 is 10.2 Å². The van der Waals surface area contributed by atoms with Crippen molar-refractivity contribution in [2.45, 2.75) is 44.8 Å². The normalized spacial score (nSPS) is 16.8. The Bertz CT molecular complexity index is 365. The summed E-state index contributed by atoms with van der Waals surface area (Å²) < 4.78 is 0. The third-order valence-electron chi connectivity index (χ3n) is 3.71. The predicted octanol–water partition coefficient (Wildman–Crippen LogP) is 1.71. The Balaban J connectivity index is 2.22. The first-order valence-corrected chi connectivity index (χ1v) is 6.78. The van der Waals surface area contributed by atoms with Gasteiger partial charge in [0.2, 0.25) is 0 Å². The van der Waals surface area contributed by atoms with Gasteiger partial charge in [-0.25, -0.2) is 0 Å². The summed E-state index contributed by atoms with van der Waals surface area (Å²) in [6, 6.07) is 2.43. The van der Waals surface area contributed by atoms with Crippen molar-refractivity contribution in [3.05, 3.63) is 24.0 Å². The fourth-order valence-electron chi connectivity index (χ4n) is 2.82. The van der Waals surface area contributed by atoms with Crippen LogP contribution in [0.3, 0.4) is 0 Å². The summed E-state index contributed by atoms with van der Waals surface area (Å²) in [7, 11) is 0.